The van der Waals surface area contributed by atoms with Crippen LogP contribution in [0.4, 0.5) is 11.4 Å². The van der Waals surface area contributed by atoms with Crippen molar-refractivity contribution in [1.82, 2.24) is 15.1 Å². The molecule has 0 aliphatic rings. The van der Waals surface area contributed by atoms with Gasteiger partial charge in [0.25, 0.3) is 5.69 Å². The highest BCUT2D eigenvalue weighted by Crippen LogP contribution is 2.22. The third kappa shape index (κ3) is 5.54. The van der Waals surface area contributed by atoms with Gasteiger partial charge in [-0.2, -0.15) is 5.10 Å². The predicted octanol–water partition coefficient (Wildman–Crippen LogP) is 2.83. The quantitative estimate of drug-likeness (QED) is 0.400. The maximum Gasteiger partial charge on any atom is 0.292 e. The van der Waals surface area contributed by atoms with Crippen LogP contribution < -0.4 is 10.6 Å². The van der Waals surface area contributed by atoms with Crippen molar-refractivity contribution in [1.29, 1.82) is 0 Å². The van der Waals surface area contributed by atoms with E-state index in [4.69, 9.17) is 0 Å². The number of nitrogens with one attached hydrogen (secondary N) is 2. The summed E-state index contributed by atoms with van der Waals surface area (Å²) in [5.41, 5.74) is 3.32. The number of anilines is 1. The van der Waals surface area contributed by atoms with Gasteiger partial charge in [0.15, 0.2) is 0 Å². The van der Waals surface area contributed by atoms with E-state index < -0.39 is 4.92 Å². The summed E-state index contributed by atoms with van der Waals surface area (Å²) in [6, 6.07) is 6.45. The van der Waals surface area contributed by atoms with Gasteiger partial charge in [-0.3, -0.25) is 19.6 Å². The van der Waals surface area contributed by atoms with Crippen LogP contribution >= 0.6 is 0 Å². The first-order valence-electron chi connectivity index (χ1n) is 9.06. The van der Waals surface area contributed by atoms with E-state index in [1.807, 2.05) is 18.5 Å². The molecule has 146 valence electrons. The number of carbonyl (C=O) groups is 1. The minimum atomic E-state index is -0.429. The highest BCUT2D eigenvalue weighted by Gasteiger charge is 2.16. The molecule has 0 unspecified atom stereocenters. The molecule has 0 atom stereocenters. The highest BCUT2D eigenvalue weighted by molar-refractivity contribution is 5.79. The molecule has 27 heavy (non-hydrogen) atoms. The largest absolute Gasteiger partial charge is 0.378 e. The molecule has 1 heterocycles. The number of hydrogen-bond donors (Lipinski definition) is 2. The maximum absolute atomic E-state index is 12.3. The Labute approximate surface area is 159 Å². The number of amides is 1. The number of para-hydroxylation sites is 2. The first-order chi connectivity index (χ1) is 12.8. The summed E-state index contributed by atoms with van der Waals surface area (Å²) in [7, 11) is 0. The van der Waals surface area contributed by atoms with E-state index >= 15 is 0 Å². The summed E-state index contributed by atoms with van der Waals surface area (Å²) in [5.74, 6) is 0.396. The fourth-order valence-corrected chi connectivity index (χ4v) is 2.92. The summed E-state index contributed by atoms with van der Waals surface area (Å²) in [6.07, 6.45) is 0.279. The van der Waals surface area contributed by atoms with Gasteiger partial charge >= 0.3 is 0 Å². The minimum Gasteiger partial charge on any atom is -0.378 e. The standard InChI is InChI=1S/C19H27N5O3/c1-13(2)12-23-15(4)16(14(3)22-23)11-19(25)21-10-9-20-17-7-5-6-8-18(17)24(26)27/h5-8,13,20H,9-12H2,1-4H3,(H,21,25). The minimum absolute atomic E-state index is 0.0210. The Morgan fingerprint density at radius 2 is 1.96 bits per heavy atom. The lowest BCUT2D eigenvalue weighted by molar-refractivity contribution is -0.384. The van der Waals surface area contributed by atoms with E-state index in [0.29, 0.717) is 24.7 Å². The summed E-state index contributed by atoms with van der Waals surface area (Å²) in [6.45, 7) is 9.78. The van der Waals surface area contributed by atoms with Crippen LogP contribution in [0.15, 0.2) is 24.3 Å². The van der Waals surface area contributed by atoms with E-state index in [1.54, 1.807) is 18.2 Å². The van der Waals surface area contributed by atoms with Crippen molar-refractivity contribution in [3.8, 4) is 0 Å². The monoisotopic (exact) mass is 373 g/mol. The number of nitrogens with zero attached hydrogens (tertiary/aromatic N) is 3. The third-order valence-electron chi connectivity index (χ3n) is 4.27. The molecule has 2 N–H and O–H groups in total. The van der Waals surface area contributed by atoms with E-state index in [-0.39, 0.29) is 18.0 Å². The SMILES string of the molecule is Cc1nn(CC(C)C)c(C)c1CC(=O)NCCNc1ccccc1[N+](=O)[O-]. The Morgan fingerprint density at radius 3 is 2.63 bits per heavy atom. The fraction of sp³-hybridized carbons (Fsp3) is 0.474. The zero-order valence-corrected chi connectivity index (χ0v) is 16.3. The molecule has 0 spiro atoms. The van der Waals surface area contributed by atoms with Gasteiger partial charge < -0.3 is 10.6 Å². The summed E-state index contributed by atoms with van der Waals surface area (Å²) >= 11 is 0. The van der Waals surface area contributed by atoms with Gasteiger partial charge in [-0.1, -0.05) is 26.0 Å². The Balaban J connectivity index is 1.85. The average Bonchev–Trinajstić information content (AvgIpc) is 2.85. The van der Waals surface area contributed by atoms with Crippen molar-refractivity contribution in [3.05, 3.63) is 51.3 Å². The van der Waals surface area contributed by atoms with E-state index in [1.165, 1.54) is 6.07 Å². The molecule has 0 saturated heterocycles. The van der Waals surface area contributed by atoms with Crippen molar-refractivity contribution in [2.24, 2.45) is 5.92 Å². The van der Waals surface area contributed by atoms with Crippen molar-refractivity contribution in [3.63, 3.8) is 0 Å². The molecule has 0 aliphatic heterocycles. The first-order valence-corrected chi connectivity index (χ1v) is 9.06. The second-order valence-corrected chi connectivity index (χ2v) is 6.95. The number of carbonyl (C=O) groups excluding carboxylic acids is 1. The van der Waals surface area contributed by atoms with Crippen LogP contribution in [0.1, 0.15) is 30.8 Å². The van der Waals surface area contributed by atoms with Crippen molar-refractivity contribution in [2.75, 3.05) is 18.4 Å². The second-order valence-electron chi connectivity index (χ2n) is 6.95. The van der Waals surface area contributed by atoms with Gasteiger partial charge in [-0.15, -0.1) is 0 Å². The lowest BCUT2D eigenvalue weighted by Gasteiger charge is -2.09. The highest BCUT2D eigenvalue weighted by atomic mass is 16.6. The molecule has 0 radical (unpaired) electrons. The van der Waals surface area contributed by atoms with Crippen molar-refractivity contribution < 1.29 is 9.72 Å². The molecule has 1 aromatic heterocycles. The molecule has 1 amide bonds. The molecule has 8 nitrogen and oxygen atoms in total. The number of aryl methyl sites for hydroxylation is 1. The van der Waals surface area contributed by atoms with Crippen LogP contribution in [0.25, 0.3) is 0 Å². The van der Waals surface area contributed by atoms with E-state index in [9.17, 15) is 14.9 Å². The molecule has 8 heteroatoms. The zero-order chi connectivity index (χ0) is 20.0. The molecular weight excluding hydrogens is 346 g/mol. The Bertz CT molecular complexity index is 814. The lowest BCUT2D eigenvalue weighted by atomic mass is 10.1. The van der Waals surface area contributed by atoms with Gasteiger partial charge in [-0.25, -0.2) is 0 Å². The normalized spacial score (nSPS) is 10.9. The third-order valence-corrected chi connectivity index (χ3v) is 4.27. The molecule has 0 bridgehead atoms. The number of rotatable bonds is 9. The van der Waals surface area contributed by atoms with Gasteiger partial charge in [0.1, 0.15) is 5.69 Å². The summed E-state index contributed by atoms with van der Waals surface area (Å²) < 4.78 is 1.96. The fourth-order valence-electron chi connectivity index (χ4n) is 2.92. The number of hydrogen-bond acceptors (Lipinski definition) is 5. The van der Waals surface area contributed by atoms with Crippen LogP contribution in [0, 0.1) is 29.9 Å². The van der Waals surface area contributed by atoms with Gasteiger partial charge in [0, 0.05) is 37.0 Å². The topological polar surface area (TPSA) is 102 Å². The first kappa shape index (κ1) is 20.4. The molecule has 0 fully saturated rings. The van der Waals surface area contributed by atoms with Gasteiger partial charge in [0.2, 0.25) is 5.91 Å². The molecule has 0 aliphatic carbocycles. The van der Waals surface area contributed by atoms with Gasteiger partial charge in [0.05, 0.1) is 17.0 Å². The second kappa shape index (κ2) is 9.16. The Kier molecular flexibility index (Phi) is 6.92. The van der Waals surface area contributed by atoms with Crippen LogP contribution in [0.3, 0.4) is 0 Å². The molecule has 2 aromatic rings. The number of benzene rings is 1. The average molecular weight is 373 g/mol. The Morgan fingerprint density at radius 1 is 1.26 bits per heavy atom. The zero-order valence-electron chi connectivity index (χ0n) is 16.3. The number of nitro groups is 1. The number of aromatic nitrogens is 2. The van der Waals surface area contributed by atoms with Crippen LogP contribution in [0.5, 0.6) is 0 Å². The van der Waals surface area contributed by atoms with Crippen molar-refractivity contribution in [2.45, 2.75) is 40.7 Å². The molecule has 2 rings (SSSR count). The lowest BCUT2D eigenvalue weighted by Crippen LogP contribution is -2.30. The maximum atomic E-state index is 12.3. The molecule has 0 saturated carbocycles. The van der Waals surface area contributed by atoms with Crippen LogP contribution in [0.2, 0.25) is 0 Å². The molecular formula is C19H27N5O3. The molecule has 1 aromatic carbocycles. The van der Waals surface area contributed by atoms with Crippen LogP contribution in [-0.2, 0) is 17.8 Å². The summed E-state index contributed by atoms with van der Waals surface area (Å²) in [5, 5.41) is 21.3. The van der Waals surface area contributed by atoms with E-state index in [2.05, 4.69) is 29.6 Å². The van der Waals surface area contributed by atoms with E-state index in [0.717, 1.165) is 23.5 Å². The van der Waals surface area contributed by atoms with Gasteiger partial charge in [-0.05, 0) is 25.8 Å². The smallest absolute Gasteiger partial charge is 0.292 e. The number of nitro benzene ring substituents is 1. The summed E-state index contributed by atoms with van der Waals surface area (Å²) in [4.78, 5) is 22.8. The van der Waals surface area contributed by atoms with Crippen LogP contribution in [-0.4, -0.2) is 33.7 Å². The predicted molar refractivity (Wildman–Crippen MR) is 105 cm³/mol. The van der Waals surface area contributed by atoms with Crippen molar-refractivity contribution >= 4 is 17.3 Å². The Hall–Kier alpha value is -2.90.